The number of benzene rings is 6. The van der Waals surface area contributed by atoms with Crippen molar-refractivity contribution in [2.75, 3.05) is 0 Å². The average Bonchev–Trinajstić information content (AvgIpc) is 3.66. The van der Waals surface area contributed by atoms with E-state index >= 15 is 0 Å². The summed E-state index contributed by atoms with van der Waals surface area (Å²) in [7, 11) is 0. The molecule has 1 aliphatic carbocycles. The molecule has 0 amide bonds. The van der Waals surface area contributed by atoms with E-state index in [1.54, 1.807) is 0 Å². The second-order valence-electron chi connectivity index (χ2n) is 12.0. The van der Waals surface area contributed by atoms with Crippen LogP contribution in [0.2, 0.25) is 0 Å². The van der Waals surface area contributed by atoms with E-state index < -0.39 is 0 Å². The summed E-state index contributed by atoms with van der Waals surface area (Å²) in [6.45, 7) is 4.68. The van der Waals surface area contributed by atoms with Crippen LogP contribution in [-0.2, 0) is 5.41 Å². The molecule has 0 N–H and O–H groups in total. The van der Waals surface area contributed by atoms with Crippen LogP contribution >= 0.6 is 11.3 Å². The van der Waals surface area contributed by atoms with E-state index in [1.807, 2.05) is 23.5 Å². The molecule has 0 unspecified atom stereocenters. The number of nitriles is 1. The predicted molar refractivity (Wildman–Crippen MR) is 181 cm³/mol. The first-order chi connectivity index (χ1) is 21.1. The quantitative estimate of drug-likeness (QED) is 0.205. The van der Waals surface area contributed by atoms with Crippen molar-refractivity contribution in [3.05, 3.63) is 138 Å². The number of nitrogens with zero attached hydrogens (tertiary/aromatic N) is 2. The largest absolute Gasteiger partial charge is 0.307 e. The summed E-state index contributed by atoms with van der Waals surface area (Å²) in [5.41, 5.74) is 11.5. The van der Waals surface area contributed by atoms with Crippen molar-refractivity contribution >= 4 is 53.3 Å². The van der Waals surface area contributed by atoms with Crippen LogP contribution in [0.3, 0.4) is 0 Å². The third kappa shape index (κ3) is 3.22. The highest BCUT2D eigenvalue weighted by Crippen LogP contribution is 2.54. The van der Waals surface area contributed by atoms with E-state index in [9.17, 15) is 5.26 Å². The van der Waals surface area contributed by atoms with E-state index in [-0.39, 0.29) is 5.41 Å². The van der Waals surface area contributed by atoms with E-state index in [0.717, 1.165) is 27.8 Å². The Kier molecular flexibility index (Phi) is 4.93. The van der Waals surface area contributed by atoms with Gasteiger partial charge in [0.2, 0.25) is 0 Å². The molecule has 0 saturated carbocycles. The van der Waals surface area contributed by atoms with Crippen LogP contribution in [0.4, 0.5) is 0 Å². The van der Waals surface area contributed by atoms with Gasteiger partial charge in [-0.2, -0.15) is 5.26 Å². The molecule has 0 atom stereocenters. The van der Waals surface area contributed by atoms with Gasteiger partial charge in [0.1, 0.15) is 6.07 Å². The van der Waals surface area contributed by atoms with Gasteiger partial charge in [-0.1, -0.05) is 105 Å². The minimum absolute atomic E-state index is 0.0175. The van der Waals surface area contributed by atoms with Gasteiger partial charge in [-0.05, 0) is 52.6 Å². The molecule has 0 bridgehead atoms. The van der Waals surface area contributed by atoms with Crippen LogP contribution in [0.5, 0.6) is 0 Å². The fourth-order valence-corrected chi connectivity index (χ4v) is 8.70. The van der Waals surface area contributed by atoms with Crippen LogP contribution in [-0.4, -0.2) is 4.57 Å². The molecule has 6 aromatic carbocycles. The van der Waals surface area contributed by atoms with Gasteiger partial charge in [-0.25, -0.2) is 0 Å². The summed E-state index contributed by atoms with van der Waals surface area (Å²) in [6.07, 6.45) is 0. The molecule has 8 aromatic rings. The molecular weight excluding hydrogens is 541 g/mol. The second-order valence-corrected chi connectivity index (χ2v) is 13.1. The minimum Gasteiger partial charge on any atom is -0.307 e. The molecule has 0 aliphatic heterocycles. The molecule has 0 spiro atoms. The van der Waals surface area contributed by atoms with E-state index in [0.29, 0.717) is 5.56 Å². The first-order valence-corrected chi connectivity index (χ1v) is 15.5. The molecule has 2 heterocycles. The second kappa shape index (κ2) is 8.67. The van der Waals surface area contributed by atoms with Crippen LogP contribution in [0.15, 0.2) is 121 Å². The third-order valence-electron chi connectivity index (χ3n) is 9.45. The molecule has 1 aliphatic rings. The summed E-state index contributed by atoms with van der Waals surface area (Å²) in [4.78, 5) is 0. The molecule has 0 radical (unpaired) electrons. The molecule has 2 aromatic heterocycles. The third-order valence-corrected chi connectivity index (χ3v) is 10.7. The Morgan fingerprint density at radius 2 is 1.33 bits per heavy atom. The van der Waals surface area contributed by atoms with Crippen LogP contribution < -0.4 is 0 Å². The first-order valence-electron chi connectivity index (χ1n) is 14.7. The Morgan fingerprint density at radius 1 is 0.628 bits per heavy atom. The topological polar surface area (TPSA) is 28.7 Å². The summed E-state index contributed by atoms with van der Waals surface area (Å²) < 4.78 is 4.92. The number of thiophene rings is 1. The number of hydrogen-bond acceptors (Lipinski definition) is 2. The lowest BCUT2D eigenvalue weighted by molar-refractivity contribution is 0.661. The lowest BCUT2D eigenvalue weighted by Crippen LogP contribution is -2.14. The van der Waals surface area contributed by atoms with Crippen molar-refractivity contribution in [2.24, 2.45) is 0 Å². The predicted octanol–water partition coefficient (Wildman–Crippen LogP) is 11.0. The van der Waals surface area contributed by atoms with Gasteiger partial charge in [-0.3, -0.25) is 0 Å². The number of para-hydroxylation sites is 3. The molecule has 9 rings (SSSR count). The Hall–Kier alpha value is -5.17. The van der Waals surface area contributed by atoms with Crippen molar-refractivity contribution in [3.8, 4) is 34.0 Å². The maximum absolute atomic E-state index is 10.4. The van der Waals surface area contributed by atoms with E-state index in [2.05, 4.69) is 134 Å². The zero-order chi connectivity index (χ0) is 28.9. The van der Waals surface area contributed by atoms with Crippen molar-refractivity contribution < 1.29 is 0 Å². The van der Waals surface area contributed by atoms with Crippen molar-refractivity contribution in [2.45, 2.75) is 19.3 Å². The number of fused-ring (bicyclic) bond motifs is 10. The number of rotatable bonds is 2. The highest BCUT2D eigenvalue weighted by molar-refractivity contribution is 7.26. The van der Waals surface area contributed by atoms with Crippen LogP contribution in [0, 0.1) is 11.3 Å². The molecular formula is C40H26N2S. The Labute approximate surface area is 253 Å². The van der Waals surface area contributed by atoms with Crippen LogP contribution in [0.25, 0.3) is 69.9 Å². The lowest BCUT2D eigenvalue weighted by atomic mass is 9.82. The van der Waals surface area contributed by atoms with Crippen molar-refractivity contribution in [1.29, 1.82) is 5.26 Å². The normalized spacial score (nSPS) is 13.5. The van der Waals surface area contributed by atoms with E-state index in [1.165, 1.54) is 53.2 Å². The monoisotopic (exact) mass is 566 g/mol. The van der Waals surface area contributed by atoms with Crippen LogP contribution in [0.1, 0.15) is 30.5 Å². The van der Waals surface area contributed by atoms with Gasteiger partial charge >= 0.3 is 0 Å². The highest BCUT2D eigenvalue weighted by Gasteiger charge is 2.36. The van der Waals surface area contributed by atoms with E-state index in [4.69, 9.17) is 0 Å². The van der Waals surface area contributed by atoms with Gasteiger partial charge in [0.15, 0.2) is 0 Å². The Bertz CT molecular complexity index is 2450. The zero-order valence-electron chi connectivity index (χ0n) is 23.8. The lowest BCUT2D eigenvalue weighted by Gasteiger charge is -2.21. The molecule has 202 valence electrons. The molecule has 0 fully saturated rings. The first kappa shape index (κ1) is 24.4. The fraction of sp³-hybridized carbons (Fsp3) is 0.0750. The van der Waals surface area contributed by atoms with Crippen molar-refractivity contribution in [1.82, 2.24) is 4.57 Å². The maximum Gasteiger partial charge on any atom is 0.101 e. The fourth-order valence-electron chi connectivity index (χ4n) is 7.46. The number of aromatic nitrogens is 1. The summed E-state index contributed by atoms with van der Waals surface area (Å²) in [5, 5.41) is 15.3. The smallest absolute Gasteiger partial charge is 0.101 e. The molecule has 2 nitrogen and oxygen atoms in total. The van der Waals surface area contributed by atoms with Gasteiger partial charge in [-0.15, -0.1) is 11.3 Å². The highest BCUT2D eigenvalue weighted by atomic mass is 32.1. The SMILES string of the molecule is CC1(C)c2ccccc2-c2c1ccc1c2sc2ccc(-c3cccc(C#N)c3-n3c4ccccc4c4ccccc43)cc21. The Morgan fingerprint density at radius 3 is 2.09 bits per heavy atom. The molecule has 0 saturated heterocycles. The van der Waals surface area contributed by atoms with Gasteiger partial charge in [0.05, 0.1) is 22.3 Å². The Balaban J connectivity index is 1.33. The molecule has 3 heteroatoms. The average molecular weight is 567 g/mol. The number of hydrogen-bond donors (Lipinski definition) is 0. The summed E-state index contributed by atoms with van der Waals surface area (Å²) >= 11 is 1.89. The standard InChI is InChI=1S/C40H26N2S/c1-40(2)32-15-6-3-13-30(32)37-33(40)20-19-29-31-22-24(18-21-36(31)43-39(29)37)26-14-9-10-25(23-41)38(26)42-34-16-7-4-11-27(34)28-12-5-8-17-35(28)42/h3-22H,1-2H3. The van der Waals surface area contributed by atoms with Gasteiger partial charge in [0, 0.05) is 47.5 Å². The molecule has 43 heavy (non-hydrogen) atoms. The van der Waals surface area contributed by atoms with Crippen molar-refractivity contribution in [3.63, 3.8) is 0 Å². The summed E-state index contributed by atoms with van der Waals surface area (Å²) in [6, 6.07) is 46.0. The maximum atomic E-state index is 10.4. The summed E-state index contributed by atoms with van der Waals surface area (Å²) in [5.74, 6) is 0. The zero-order valence-corrected chi connectivity index (χ0v) is 24.7. The van der Waals surface area contributed by atoms with Gasteiger partial charge < -0.3 is 4.57 Å². The van der Waals surface area contributed by atoms with Gasteiger partial charge in [0.25, 0.3) is 0 Å². The minimum atomic E-state index is -0.0175.